The molecule has 2 aromatic heterocycles. The second-order valence-electron chi connectivity index (χ2n) is 11.6. The maximum absolute atomic E-state index is 10.2. The number of rotatable bonds is 8. The molecule has 0 amide bonds. The normalized spacial score (nSPS) is 12.5. The van der Waals surface area contributed by atoms with Gasteiger partial charge >= 0.3 is 0 Å². The summed E-state index contributed by atoms with van der Waals surface area (Å²) in [6.45, 7) is 18.9. The van der Waals surface area contributed by atoms with E-state index >= 15 is 0 Å². The molecule has 0 spiro atoms. The lowest BCUT2D eigenvalue weighted by atomic mass is 9.93. The van der Waals surface area contributed by atoms with Crippen LogP contribution in [0.15, 0.2) is 48.5 Å². The fraction of sp³-hybridized carbons (Fsp3) is 0.419. The minimum Gasteiger partial charge on any atom is -0.413 e. The number of aliphatic hydroxyl groups is 1. The Balaban J connectivity index is 1.70. The molecule has 0 atom stereocenters. The Hall–Kier alpha value is -2.80. The number of fused-ring (bicyclic) bond motifs is 1. The molecular weight excluding hydrogens is 474 g/mol. The number of imidazole rings is 1. The molecule has 0 aliphatic rings. The van der Waals surface area contributed by atoms with E-state index in [4.69, 9.17) is 14.4 Å². The molecular formula is C31H41N3O2Si. The van der Waals surface area contributed by atoms with Crippen LogP contribution in [0, 0.1) is 13.8 Å². The van der Waals surface area contributed by atoms with E-state index < -0.39 is 8.32 Å². The lowest BCUT2D eigenvalue weighted by molar-refractivity contribution is 0.276. The van der Waals surface area contributed by atoms with E-state index in [-0.39, 0.29) is 11.6 Å². The summed E-state index contributed by atoms with van der Waals surface area (Å²) in [6, 6.07) is 16.9. The minimum absolute atomic E-state index is 0.0127. The van der Waals surface area contributed by atoms with Gasteiger partial charge in [-0.25, -0.2) is 9.97 Å². The largest absolute Gasteiger partial charge is 0.413 e. The summed E-state index contributed by atoms with van der Waals surface area (Å²) in [5, 5.41) is 10.4. The lowest BCUT2D eigenvalue weighted by Crippen LogP contribution is -2.40. The van der Waals surface area contributed by atoms with E-state index in [1.165, 1.54) is 5.56 Å². The topological polar surface area (TPSA) is 60.2 Å². The molecule has 2 aromatic carbocycles. The van der Waals surface area contributed by atoms with Crippen LogP contribution in [-0.2, 0) is 30.6 Å². The first-order chi connectivity index (χ1) is 17.4. The third kappa shape index (κ3) is 5.56. The highest BCUT2D eigenvalue weighted by molar-refractivity contribution is 6.74. The predicted molar refractivity (Wildman–Crippen MR) is 155 cm³/mol. The van der Waals surface area contributed by atoms with Crippen molar-refractivity contribution in [2.75, 3.05) is 0 Å². The lowest BCUT2D eigenvalue weighted by Gasteiger charge is -2.36. The summed E-state index contributed by atoms with van der Waals surface area (Å²) >= 11 is 0. The van der Waals surface area contributed by atoms with E-state index in [0.29, 0.717) is 13.2 Å². The molecule has 6 heteroatoms. The summed E-state index contributed by atoms with van der Waals surface area (Å²) in [7, 11) is -1.81. The van der Waals surface area contributed by atoms with Crippen LogP contribution in [0.3, 0.4) is 0 Å². The van der Waals surface area contributed by atoms with Gasteiger partial charge in [-0.1, -0.05) is 70.2 Å². The Morgan fingerprint density at radius 3 is 2.27 bits per heavy atom. The molecule has 37 heavy (non-hydrogen) atoms. The van der Waals surface area contributed by atoms with Crippen LogP contribution < -0.4 is 0 Å². The molecule has 1 N–H and O–H groups in total. The van der Waals surface area contributed by atoms with Crippen molar-refractivity contribution < 1.29 is 9.53 Å². The van der Waals surface area contributed by atoms with Crippen LogP contribution in [-0.4, -0.2) is 28.0 Å². The summed E-state index contributed by atoms with van der Waals surface area (Å²) < 4.78 is 8.66. The Kier molecular flexibility index (Phi) is 7.74. The van der Waals surface area contributed by atoms with Gasteiger partial charge in [-0.2, -0.15) is 0 Å². The highest BCUT2D eigenvalue weighted by Crippen LogP contribution is 2.37. The third-order valence-electron chi connectivity index (χ3n) is 7.80. The molecule has 196 valence electrons. The van der Waals surface area contributed by atoms with Crippen LogP contribution in [0.2, 0.25) is 18.1 Å². The summed E-state index contributed by atoms with van der Waals surface area (Å²) in [5.41, 5.74) is 9.44. The standard InChI is InChI=1S/C31H41N3O2Si/c1-9-27-33-29-21(2)17-22(3)32-30(29)34(27)18-25-11-10-12-26(19-35)28(25)24-15-13-23(14-16-24)20-36-37(7,8)31(4,5)6/h10-17,35H,9,18-20H2,1-8H3. The van der Waals surface area contributed by atoms with Crippen molar-refractivity contribution in [1.29, 1.82) is 0 Å². The number of hydrogen-bond donors (Lipinski definition) is 1. The molecule has 4 aromatic rings. The second kappa shape index (κ2) is 10.5. The SMILES string of the molecule is CCc1nc2c(C)cc(C)nc2n1Cc1cccc(CO)c1-c1ccc(CO[Si](C)(C)C(C)(C)C)cc1. The van der Waals surface area contributed by atoms with Crippen LogP contribution in [0.25, 0.3) is 22.3 Å². The van der Waals surface area contributed by atoms with Crippen molar-refractivity contribution in [2.45, 2.75) is 85.9 Å². The van der Waals surface area contributed by atoms with Gasteiger partial charge < -0.3 is 14.1 Å². The highest BCUT2D eigenvalue weighted by atomic mass is 28.4. The van der Waals surface area contributed by atoms with Gasteiger partial charge in [0.2, 0.25) is 0 Å². The molecule has 4 rings (SSSR count). The fourth-order valence-electron chi connectivity index (χ4n) is 4.59. The summed E-state index contributed by atoms with van der Waals surface area (Å²) in [5.74, 6) is 1.02. The Labute approximate surface area is 222 Å². The van der Waals surface area contributed by atoms with Crippen molar-refractivity contribution in [3.05, 3.63) is 82.3 Å². The van der Waals surface area contributed by atoms with Crippen LogP contribution >= 0.6 is 0 Å². The number of aliphatic hydroxyl groups excluding tert-OH is 1. The molecule has 0 fully saturated rings. The number of nitrogens with zero attached hydrogens (tertiary/aromatic N) is 3. The van der Waals surface area contributed by atoms with Gasteiger partial charge in [0.1, 0.15) is 11.3 Å². The molecule has 0 radical (unpaired) electrons. The molecule has 0 unspecified atom stereocenters. The Morgan fingerprint density at radius 1 is 0.973 bits per heavy atom. The van der Waals surface area contributed by atoms with Crippen LogP contribution in [0.5, 0.6) is 0 Å². The van der Waals surface area contributed by atoms with E-state index in [2.05, 4.69) is 88.7 Å². The first-order valence-corrected chi connectivity index (χ1v) is 16.1. The molecule has 0 aliphatic heterocycles. The van der Waals surface area contributed by atoms with Gasteiger partial charge in [0.05, 0.1) is 19.8 Å². The third-order valence-corrected chi connectivity index (χ3v) is 12.3. The monoisotopic (exact) mass is 515 g/mol. The molecule has 0 saturated carbocycles. The van der Waals surface area contributed by atoms with Gasteiger partial charge in [0.25, 0.3) is 0 Å². The summed E-state index contributed by atoms with van der Waals surface area (Å²) in [4.78, 5) is 9.78. The van der Waals surface area contributed by atoms with Crippen molar-refractivity contribution >= 4 is 19.5 Å². The zero-order valence-electron chi connectivity index (χ0n) is 23.6. The van der Waals surface area contributed by atoms with Crippen LogP contribution in [0.1, 0.15) is 61.5 Å². The second-order valence-corrected chi connectivity index (χ2v) is 16.4. The van der Waals surface area contributed by atoms with E-state index in [1.807, 2.05) is 19.1 Å². The molecule has 5 nitrogen and oxygen atoms in total. The fourth-order valence-corrected chi connectivity index (χ4v) is 5.55. The van der Waals surface area contributed by atoms with E-state index in [9.17, 15) is 5.11 Å². The number of pyridine rings is 1. The van der Waals surface area contributed by atoms with Crippen molar-refractivity contribution in [3.8, 4) is 11.1 Å². The van der Waals surface area contributed by atoms with Gasteiger partial charge in [-0.05, 0) is 71.4 Å². The van der Waals surface area contributed by atoms with E-state index in [0.717, 1.165) is 56.9 Å². The zero-order valence-corrected chi connectivity index (χ0v) is 24.6. The average Bonchev–Trinajstić information content (AvgIpc) is 3.20. The first kappa shape index (κ1) is 27.2. The van der Waals surface area contributed by atoms with Gasteiger partial charge in [0.15, 0.2) is 14.0 Å². The Bertz CT molecular complexity index is 1400. The van der Waals surface area contributed by atoms with E-state index in [1.54, 1.807) is 0 Å². The zero-order chi connectivity index (χ0) is 27.0. The number of aromatic nitrogens is 3. The van der Waals surface area contributed by atoms with Gasteiger partial charge in [0, 0.05) is 12.1 Å². The van der Waals surface area contributed by atoms with Crippen LogP contribution in [0.4, 0.5) is 0 Å². The van der Waals surface area contributed by atoms with Crippen molar-refractivity contribution in [1.82, 2.24) is 14.5 Å². The molecule has 0 saturated heterocycles. The quantitative estimate of drug-likeness (QED) is 0.249. The molecule has 0 bridgehead atoms. The number of hydrogen-bond acceptors (Lipinski definition) is 4. The molecule has 2 heterocycles. The van der Waals surface area contributed by atoms with Gasteiger partial charge in [-0.15, -0.1) is 0 Å². The smallest absolute Gasteiger partial charge is 0.192 e. The predicted octanol–water partition coefficient (Wildman–Crippen LogP) is 7.34. The summed E-state index contributed by atoms with van der Waals surface area (Å²) in [6.07, 6.45) is 0.826. The van der Waals surface area contributed by atoms with Crippen molar-refractivity contribution in [2.24, 2.45) is 0 Å². The maximum Gasteiger partial charge on any atom is 0.192 e. The molecule has 0 aliphatic carbocycles. The maximum atomic E-state index is 10.2. The number of aryl methyl sites for hydroxylation is 3. The highest BCUT2D eigenvalue weighted by Gasteiger charge is 2.37. The van der Waals surface area contributed by atoms with Gasteiger partial charge in [-0.3, -0.25) is 0 Å². The average molecular weight is 516 g/mol. The van der Waals surface area contributed by atoms with Crippen molar-refractivity contribution in [3.63, 3.8) is 0 Å². The number of benzene rings is 2. The minimum atomic E-state index is -1.81. The Morgan fingerprint density at radius 2 is 1.65 bits per heavy atom. The first-order valence-electron chi connectivity index (χ1n) is 13.2.